The summed E-state index contributed by atoms with van der Waals surface area (Å²) in [6.07, 6.45) is -0.477. The van der Waals surface area contributed by atoms with Gasteiger partial charge in [-0.15, -0.1) is 0 Å². The van der Waals surface area contributed by atoms with Crippen LogP contribution >= 0.6 is 0 Å². The molecular weight excluding hydrogens is 278 g/mol. The SMILES string of the molecule is COC(=O)N[C@@](C)(Cc1ccc2c(c1)OCO2)C(=O)OC. The van der Waals surface area contributed by atoms with Gasteiger partial charge >= 0.3 is 12.1 Å². The van der Waals surface area contributed by atoms with E-state index in [0.29, 0.717) is 11.5 Å². The summed E-state index contributed by atoms with van der Waals surface area (Å²) in [5.74, 6) is 0.697. The molecule has 7 nitrogen and oxygen atoms in total. The van der Waals surface area contributed by atoms with Crippen LogP contribution in [0.2, 0.25) is 0 Å². The molecule has 1 aromatic rings. The highest BCUT2D eigenvalue weighted by molar-refractivity contribution is 5.85. The van der Waals surface area contributed by atoms with Crippen LogP contribution < -0.4 is 14.8 Å². The van der Waals surface area contributed by atoms with E-state index in [1.54, 1.807) is 25.1 Å². The van der Waals surface area contributed by atoms with Gasteiger partial charge in [0.05, 0.1) is 14.2 Å². The fraction of sp³-hybridized carbons (Fsp3) is 0.429. The van der Waals surface area contributed by atoms with Crippen LogP contribution in [0, 0.1) is 0 Å². The average molecular weight is 295 g/mol. The molecule has 1 N–H and O–H groups in total. The lowest BCUT2D eigenvalue weighted by Gasteiger charge is -2.27. The number of carbonyl (C=O) groups excluding carboxylic acids is 2. The Morgan fingerprint density at radius 3 is 2.62 bits per heavy atom. The Morgan fingerprint density at radius 2 is 1.95 bits per heavy atom. The molecule has 2 rings (SSSR count). The molecule has 1 aliphatic heterocycles. The highest BCUT2D eigenvalue weighted by Gasteiger charge is 2.37. The van der Waals surface area contributed by atoms with Crippen LogP contribution in [0.15, 0.2) is 18.2 Å². The first-order valence-electron chi connectivity index (χ1n) is 6.31. The first kappa shape index (κ1) is 15.0. The first-order valence-corrected chi connectivity index (χ1v) is 6.31. The zero-order valence-corrected chi connectivity index (χ0v) is 12.1. The molecule has 1 heterocycles. The van der Waals surface area contributed by atoms with Crippen molar-refractivity contribution in [2.45, 2.75) is 18.9 Å². The monoisotopic (exact) mass is 295 g/mol. The third-order valence-corrected chi connectivity index (χ3v) is 3.19. The van der Waals surface area contributed by atoms with Crippen molar-refractivity contribution in [1.82, 2.24) is 5.32 Å². The van der Waals surface area contributed by atoms with Crippen molar-refractivity contribution < 1.29 is 28.5 Å². The van der Waals surface area contributed by atoms with Crippen molar-refractivity contribution >= 4 is 12.1 Å². The summed E-state index contributed by atoms with van der Waals surface area (Å²) in [7, 11) is 2.49. The molecule has 0 radical (unpaired) electrons. The average Bonchev–Trinajstić information content (AvgIpc) is 2.93. The van der Waals surface area contributed by atoms with E-state index < -0.39 is 17.6 Å². The number of esters is 1. The molecule has 0 saturated carbocycles. The van der Waals surface area contributed by atoms with Gasteiger partial charge in [0.15, 0.2) is 11.5 Å². The second-order valence-corrected chi connectivity index (χ2v) is 4.80. The minimum Gasteiger partial charge on any atom is -0.467 e. The van der Waals surface area contributed by atoms with Crippen LogP contribution in [0.4, 0.5) is 4.79 Å². The Bertz CT molecular complexity index is 558. The molecule has 114 valence electrons. The summed E-state index contributed by atoms with van der Waals surface area (Å²) in [5, 5.41) is 2.50. The molecule has 1 atom stereocenters. The highest BCUT2D eigenvalue weighted by atomic mass is 16.7. The zero-order valence-electron chi connectivity index (χ0n) is 12.1. The van der Waals surface area contributed by atoms with E-state index in [2.05, 4.69) is 10.1 Å². The van der Waals surface area contributed by atoms with Gasteiger partial charge in [0.2, 0.25) is 6.79 Å². The van der Waals surface area contributed by atoms with E-state index >= 15 is 0 Å². The third kappa shape index (κ3) is 3.18. The molecule has 1 aliphatic rings. The zero-order chi connectivity index (χ0) is 15.5. The van der Waals surface area contributed by atoms with Crippen molar-refractivity contribution in [1.29, 1.82) is 0 Å². The predicted molar refractivity (Wildman–Crippen MR) is 72.2 cm³/mol. The fourth-order valence-electron chi connectivity index (χ4n) is 2.13. The lowest BCUT2D eigenvalue weighted by Crippen LogP contribution is -2.54. The Kier molecular flexibility index (Phi) is 4.21. The summed E-state index contributed by atoms with van der Waals surface area (Å²) in [6, 6.07) is 5.32. The van der Waals surface area contributed by atoms with Gasteiger partial charge in [0.1, 0.15) is 5.54 Å². The number of methoxy groups -OCH3 is 2. The van der Waals surface area contributed by atoms with Gasteiger partial charge in [-0.25, -0.2) is 9.59 Å². The number of amides is 1. The Balaban J connectivity index is 2.22. The Morgan fingerprint density at radius 1 is 1.24 bits per heavy atom. The van der Waals surface area contributed by atoms with Gasteiger partial charge in [-0.1, -0.05) is 6.07 Å². The number of nitrogens with one attached hydrogen (secondary N) is 1. The van der Waals surface area contributed by atoms with Crippen LogP contribution in [0.3, 0.4) is 0 Å². The second kappa shape index (κ2) is 5.90. The van der Waals surface area contributed by atoms with Gasteiger partial charge in [-0.05, 0) is 24.6 Å². The summed E-state index contributed by atoms with van der Waals surface area (Å²) < 4.78 is 19.8. The van der Waals surface area contributed by atoms with E-state index in [0.717, 1.165) is 5.56 Å². The van der Waals surface area contributed by atoms with E-state index in [-0.39, 0.29) is 13.2 Å². The minimum atomic E-state index is -1.24. The lowest BCUT2D eigenvalue weighted by atomic mass is 9.92. The molecule has 0 saturated heterocycles. The molecule has 0 bridgehead atoms. The molecule has 0 spiro atoms. The summed E-state index contributed by atoms with van der Waals surface area (Å²) in [6.45, 7) is 1.74. The second-order valence-electron chi connectivity index (χ2n) is 4.80. The summed E-state index contributed by atoms with van der Waals surface area (Å²) in [4.78, 5) is 23.4. The number of carbonyl (C=O) groups is 2. The predicted octanol–water partition coefficient (Wildman–Crippen LogP) is 1.25. The van der Waals surface area contributed by atoms with Crippen molar-refractivity contribution in [3.63, 3.8) is 0 Å². The maximum atomic E-state index is 12.0. The summed E-state index contributed by atoms with van der Waals surface area (Å²) >= 11 is 0. The number of ether oxygens (including phenoxy) is 4. The first-order chi connectivity index (χ1) is 9.98. The topological polar surface area (TPSA) is 83.1 Å². The van der Waals surface area contributed by atoms with Gasteiger partial charge in [-0.3, -0.25) is 0 Å². The van der Waals surface area contributed by atoms with Crippen molar-refractivity contribution in [2.75, 3.05) is 21.0 Å². The largest absolute Gasteiger partial charge is 0.467 e. The molecular formula is C14H17NO6. The number of alkyl carbamates (subject to hydrolysis) is 1. The van der Waals surface area contributed by atoms with Gasteiger partial charge in [0, 0.05) is 6.42 Å². The van der Waals surface area contributed by atoms with Crippen molar-refractivity contribution in [3.05, 3.63) is 23.8 Å². The summed E-state index contributed by atoms with van der Waals surface area (Å²) in [5.41, 5.74) is -0.446. The molecule has 1 aromatic carbocycles. The van der Waals surface area contributed by atoms with E-state index in [4.69, 9.17) is 14.2 Å². The number of fused-ring (bicyclic) bond motifs is 1. The third-order valence-electron chi connectivity index (χ3n) is 3.19. The van der Waals surface area contributed by atoms with E-state index in [9.17, 15) is 9.59 Å². The smallest absolute Gasteiger partial charge is 0.407 e. The van der Waals surface area contributed by atoms with E-state index in [1.165, 1.54) is 14.2 Å². The maximum Gasteiger partial charge on any atom is 0.407 e. The molecule has 0 aromatic heterocycles. The molecule has 0 aliphatic carbocycles. The highest BCUT2D eigenvalue weighted by Crippen LogP contribution is 2.33. The fourth-order valence-corrected chi connectivity index (χ4v) is 2.13. The number of hydrogen-bond acceptors (Lipinski definition) is 6. The molecule has 21 heavy (non-hydrogen) atoms. The Labute approximate surface area is 122 Å². The van der Waals surface area contributed by atoms with Crippen molar-refractivity contribution in [3.8, 4) is 11.5 Å². The van der Waals surface area contributed by atoms with Crippen LogP contribution in [0.1, 0.15) is 12.5 Å². The standard InChI is InChI=1S/C14H17NO6/c1-14(12(16)18-2,15-13(17)19-3)7-9-4-5-10-11(6-9)21-8-20-10/h4-6H,7-8H2,1-3H3,(H,15,17)/t14-/m0/s1. The maximum absolute atomic E-state index is 12.0. The van der Waals surface area contributed by atoms with Crippen LogP contribution in [-0.4, -0.2) is 38.6 Å². The van der Waals surface area contributed by atoms with Gasteiger partial charge < -0.3 is 24.3 Å². The number of rotatable bonds is 4. The van der Waals surface area contributed by atoms with E-state index in [1.807, 2.05) is 0 Å². The lowest BCUT2D eigenvalue weighted by molar-refractivity contribution is -0.147. The van der Waals surface area contributed by atoms with Crippen LogP contribution in [0.5, 0.6) is 11.5 Å². The molecule has 1 amide bonds. The number of hydrogen-bond donors (Lipinski definition) is 1. The van der Waals surface area contributed by atoms with Crippen molar-refractivity contribution in [2.24, 2.45) is 0 Å². The quantitative estimate of drug-likeness (QED) is 0.842. The normalized spacial score (nSPS) is 15.0. The van der Waals surface area contributed by atoms with Crippen LogP contribution in [-0.2, 0) is 20.7 Å². The molecule has 7 heteroatoms. The van der Waals surface area contributed by atoms with Gasteiger partial charge in [0.25, 0.3) is 0 Å². The molecule has 0 unspecified atom stereocenters. The minimum absolute atomic E-state index is 0.174. The van der Waals surface area contributed by atoms with Crippen LogP contribution in [0.25, 0.3) is 0 Å². The molecule has 0 fully saturated rings. The van der Waals surface area contributed by atoms with Gasteiger partial charge in [-0.2, -0.15) is 0 Å². The number of benzene rings is 1. The Hall–Kier alpha value is -2.44.